The third kappa shape index (κ3) is 5.73. The van der Waals surface area contributed by atoms with Crippen LogP contribution in [0.2, 0.25) is 0 Å². The standard InChI is InChI=1S/C31H47N3O5S/c1-9-39-20-12-10-19(11-13-20)32-26(36)23-22-14-15-31(40-22)24(23)28(38)34(21(16-35)18(2)3)25(31)27(37)33-30(7,8)17-29(4,5)6/h10-13,18,21-25,35H,9,14-17H2,1-8H3,(H,32,36)(H,33,37)/t21-,22-,23+,24-,25?,31?/m0/s1. The Morgan fingerprint density at radius 3 is 2.35 bits per heavy atom. The van der Waals surface area contributed by atoms with Crippen molar-refractivity contribution in [3.63, 3.8) is 0 Å². The summed E-state index contributed by atoms with van der Waals surface area (Å²) in [6, 6.07) is 5.97. The molecule has 2 unspecified atom stereocenters. The maximum Gasteiger partial charge on any atom is 0.244 e. The first-order valence-corrected chi connectivity index (χ1v) is 15.5. The first-order chi connectivity index (χ1) is 18.6. The van der Waals surface area contributed by atoms with Crippen molar-refractivity contribution in [2.75, 3.05) is 18.5 Å². The van der Waals surface area contributed by atoms with E-state index in [0.29, 0.717) is 18.7 Å². The molecule has 0 aliphatic carbocycles. The smallest absolute Gasteiger partial charge is 0.244 e. The normalized spacial score (nSPS) is 28.6. The second-order valence-corrected chi connectivity index (χ2v) is 15.5. The lowest BCUT2D eigenvalue weighted by Crippen LogP contribution is -2.60. The van der Waals surface area contributed by atoms with Crippen LogP contribution in [-0.2, 0) is 14.4 Å². The Labute approximate surface area is 243 Å². The number of ether oxygens (including phenoxy) is 1. The number of carbonyl (C=O) groups excluding carboxylic acids is 3. The molecule has 3 amide bonds. The molecule has 0 aromatic heterocycles. The zero-order valence-electron chi connectivity index (χ0n) is 25.2. The third-order valence-corrected chi connectivity index (χ3v) is 10.4. The van der Waals surface area contributed by atoms with Crippen molar-refractivity contribution in [3.05, 3.63) is 24.3 Å². The highest BCUT2D eigenvalue weighted by Crippen LogP contribution is 2.66. The number of benzene rings is 1. The molecular formula is C31H47N3O5S. The Morgan fingerprint density at radius 1 is 1.15 bits per heavy atom. The second kappa shape index (κ2) is 11.2. The number of anilines is 1. The number of thioether (sulfide) groups is 1. The van der Waals surface area contributed by atoms with Crippen LogP contribution in [0.1, 0.15) is 74.7 Å². The Hall–Kier alpha value is -2.26. The number of rotatable bonds is 10. The van der Waals surface area contributed by atoms with Crippen molar-refractivity contribution in [2.45, 2.75) is 102 Å². The number of aliphatic hydroxyl groups is 1. The van der Waals surface area contributed by atoms with Crippen LogP contribution >= 0.6 is 11.8 Å². The molecule has 8 nitrogen and oxygen atoms in total. The van der Waals surface area contributed by atoms with E-state index in [1.54, 1.807) is 28.8 Å². The molecule has 40 heavy (non-hydrogen) atoms. The summed E-state index contributed by atoms with van der Waals surface area (Å²) in [5.74, 6) is -1.07. The van der Waals surface area contributed by atoms with Gasteiger partial charge in [0.1, 0.15) is 11.8 Å². The van der Waals surface area contributed by atoms with Gasteiger partial charge in [-0.2, -0.15) is 0 Å². The molecule has 4 rings (SSSR count). The second-order valence-electron chi connectivity index (χ2n) is 13.9. The summed E-state index contributed by atoms with van der Waals surface area (Å²) in [6.45, 7) is 16.6. The molecule has 6 atom stereocenters. The van der Waals surface area contributed by atoms with Crippen molar-refractivity contribution in [2.24, 2.45) is 23.2 Å². The highest BCUT2D eigenvalue weighted by molar-refractivity contribution is 8.02. The van der Waals surface area contributed by atoms with Gasteiger partial charge in [-0.25, -0.2) is 0 Å². The van der Waals surface area contributed by atoms with E-state index >= 15 is 0 Å². The molecule has 1 aromatic rings. The van der Waals surface area contributed by atoms with Crippen LogP contribution < -0.4 is 15.4 Å². The molecule has 3 aliphatic rings. The van der Waals surface area contributed by atoms with E-state index in [1.165, 1.54) is 0 Å². The van der Waals surface area contributed by atoms with Gasteiger partial charge in [-0.3, -0.25) is 14.4 Å². The maximum absolute atomic E-state index is 14.3. The van der Waals surface area contributed by atoms with E-state index in [1.807, 2.05) is 46.8 Å². The Bertz CT molecular complexity index is 1110. The Morgan fingerprint density at radius 2 is 1.80 bits per heavy atom. The molecule has 3 aliphatic heterocycles. The molecule has 3 saturated heterocycles. The number of hydrogen-bond donors (Lipinski definition) is 3. The molecule has 3 fully saturated rings. The predicted molar refractivity (Wildman–Crippen MR) is 159 cm³/mol. The minimum absolute atomic E-state index is 0.00103. The molecule has 3 N–H and O–H groups in total. The SMILES string of the molecule is CCOc1ccc(NC(=O)[C@@H]2[C@@H]3CCC4(S3)C(C(=O)NC(C)(C)CC(C)(C)C)N([C@@H](CO)C(C)C)C(=O)[C@H]24)cc1. The number of likely N-dealkylation sites (tertiary alicyclic amines) is 1. The first kappa shape index (κ1) is 30.7. The van der Waals surface area contributed by atoms with Gasteiger partial charge >= 0.3 is 0 Å². The fourth-order valence-electron chi connectivity index (χ4n) is 7.47. The predicted octanol–water partition coefficient (Wildman–Crippen LogP) is 4.46. The number of nitrogens with one attached hydrogen (secondary N) is 2. The van der Waals surface area contributed by atoms with E-state index in [4.69, 9.17) is 4.74 Å². The van der Waals surface area contributed by atoms with Gasteiger partial charge in [-0.05, 0) is 75.6 Å². The average molecular weight is 574 g/mol. The fraction of sp³-hybridized carbons (Fsp3) is 0.710. The van der Waals surface area contributed by atoms with E-state index in [2.05, 4.69) is 31.4 Å². The fourth-order valence-corrected chi connectivity index (χ4v) is 9.67. The lowest BCUT2D eigenvalue weighted by Gasteiger charge is -2.41. The molecule has 1 aromatic carbocycles. The van der Waals surface area contributed by atoms with Gasteiger partial charge in [0.15, 0.2) is 0 Å². The van der Waals surface area contributed by atoms with Crippen LogP contribution in [0, 0.1) is 23.2 Å². The molecule has 0 radical (unpaired) electrons. The molecule has 9 heteroatoms. The number of hydrogen-bond acceptors (Lipinski definition) is 6. The first-order valence-electron chi connectivity index (χ1n) is 14.6. The summed E-state index contributed by atoms with van der Waals surface area (Å²) < 4.78 is 4.81. The van der Waals surface area contributed by atoms with Crippen LogP contribution in [0.3, 0.4) is 0 Å². The lowest BCUT2D eigenvalue weighted by molar-refractivity contribution is -0.143. The topological polar surface area (TPSA) is 108 Å². The van der Waals surface area contributed by atoms with Crippen LogP contribution in [0.4, 0.5) is 5.69 Å². The van der Waals surface area contributed by atoms with E-state index in [9.17, 15) is 19.5 Å². The van der Waals surface area contributed by atoms with Gasteiger partial charge in [0.05, 0.1) is 35.8 Å². The summed E-state index contributed by atoms with van der Waals surface area (Å²) >= 11 is 1.64. The summed E-state index contributed by atoms with van der Waals surface area (Å²) in [7, 11) is 0. The number of amides is 3. The van der Waals surface area contributed by atoms with E-state index < -0.39 is 34.2 Å². The number of carbonyl (C=O) groups is 3. The number of nitrogens with zero attached hydrogens (tertiary/aromatic N) is 1. The van der Waals surface area contributed by atoms with Crippen LogP contribution in [0.5, 0.6) is 5.75 Å². The van der Waals surface area contributed by atoms with Crippen molar-refractivity contribution >= 4 is 35.2 Å². The maximum atomic E-state index is 14.3. The molecule has 0 saturated carbocycles. The van der Waals surface area contributed by atoms with Crippen molar-refractivity contribution in [1.29, 1.82) is 0 Å². The monoisotopic (exact) mass is 573 g/mol. The average Bonchev–Trinajstić information content (AvgIpc) is 3.46. The minimum atomic E-state index is -0.748. The van der Waals surface area contributed by atoms with E-state index in [-0.39, 0.29) is 40.9 Å². The largest absolute Gasteiger partial charge is 0.494 e. The third-order valence-electron chi connectivity index (χ3n) is 8.47. The zero-order chi connectivity index (χ0) is 29.6. The highest BCUT2D eigenvalue weighted by atomic mass is 32.2. The Kier molecular flexibility index (Phi) is 8.59. The van der Waals surface area contributed by atoms with Crippen LogP contribution in [0.15, 0.2) is 24.3 Å². The van der Waals surface area contributed by atoms with Gasteiger partial charge in [-0.15, -0.1) is 11.8 Å². The van der Waals surface area contributed by atoms with Crippen LogP contribution in [0.25, 0.3) is 0 Å². The lowest BCUT2D eigenvalue weighted by atomic mass is 9.70. The molecule has 3 heterocycles. The number of fused-ring (bicyclic) bond motifs is 1. The van der Waals surface area contributed by atoms with Gasteiger partial charge in [0.2, 0.25) is 17.7 Å². The summed E-state index contributed by atoms with van der Waals surface area (Å²) in [5, 5.41) is 16.7. The van der Waals surface area contributed by atoms with Gasteiger partial charge in [-0.1, -0.05) is 34.6 Å². The summed E-state index contributed by atoms with van der Waals surface area (Å²) in [5.41, 5.74) is 0.155. The van der Waals surface area contributed by atoms with Crippen molar-refractivity contribution in [3.8, 4) is 5.75 Å². The Balaban J connectivity index is 1.66. The molecule has 2 bridgehead atoms. The van der Waals surface area contributed by atoms with Gasteiger partial charge in [0.25, 0.3) is 0 Å². The summed E-state index contributed by atoms with van der Waals surface area (Å²) in [6.07, 6.45) is 2.22. The van der Waals surface area contributed by atoms with Crippen molar-refractivity contribution in [1.82, 2.24) is 10.2 Å². The quantitative estimate of drug-likeness (QED) is 0.381. The van der Waals surface area contributed by atoms with Crippen LogP contribution in [-0.4, -0.2) is 68.6 Å². The van der Waals surface area contributed by atoms with Gasteiger partial charge < -0.3 is 25.4 Å². The summed E-state index contributed by atoms with van der Waals surface area (Å²) in [4.78, 5) is 43.9. The highest BCUT2D eigenvalue weighted by Gasteiger charge is 2.74. The van der Waals surface area contributed by atoms with E-state index in [0.717, 1.165) is 18.6 Å². The zero-order valence-corrected chi connectivity index (χ0v) is 26.1. The molecule has 1 spiro atoms. The molecule has 222 valence electrons. The minimum Gasteiger partial charge on any atom is -0.494 e. The van der Waals surface area contributed by atoms with Gasteiger partial charge in [0, 0.05) is 16.5 Å². The number of aliphatic hydroxyl groups excluding tert-OH is 1. The van der Waals surface area contributed by atoms with Crippen molar-refractivity contribution < 1.29 is 24.2 Å². The molecular weight excluding hydrogens is 526 g/mol.